The Balaban J connectivity index is 1.85. The molecular weight excluding hydrogens is 322 g/mol. The van der Waals surface area contributed by atoms with E-state index in [2.05, 4.69) is 18.7 Å². The summed E-state index contributed by atoms with van der Waals surface area (Å²) in [5, 5.41) is 11.1. The molecule has 130 valence electrons. The molecule has 0 saturated carbocycles. The minimum Gasteiger partial charge on any atom is -0.492 e. The number of aliphatic hydroxyl groups excluding tert-OH is 1. The van der Waals surface area contributed by atoms with Gasteiger partial charge in [0.15, 0.2) is 0 Å². The highest BCUT2D eigenvalue weighted by molar-refractivity contribution is 6.30. The molecule has 0 aliphatic rings. The molecule has 0 aromatic heterocycles. The van der Waals surface area contributed by atoms with Crippen molar-refractivity contribution in [1.82, 2.24) is 4.90 Å². The van der Waals surface area contributed by atoms with E-state index in [-0.39, 0.29) is 0 Å². The monoisotopic (exact) mass is 347 g/mol. The number of aliphatic hydroxyl groups is 1. The third-order valence-electron chi connectivity index (χ3n) is 4.18. The number of ether oxygens (including phenoxy) is 1. The van der Waals surface area contributed by atoms with Gasteiger partial charge in [0.1, 0.15) is 12.4 Å². The zero-order chi connectivity index (χ0) is 17.4. The predicted molar refractivity (Wildman–Crippen MR) is 99.8 cm³/mol. The van der Waals surface area contributed by atoms with Gasteiger partial charge in [0.2, 0.25) is 0 Å². The van der Waals surface area contributed by atoms with E-state index in [1.165, 1.54) is 0 Å². The van der Waals surface area contributed by atoms with Crippen molar-refractivity contribution in [3.63, 3.8) is 0 Å². The highest BCUT2D eigenvalue weighted by Gasteiger charge is 2.09. The Morgan fingerprint density at radius 2 is 1.62 bits per heavy atom. The van der Waals surface area contributed by atoms with Gasteiger partial charge in [0.05, 0.1) is 6.10 Å². The zero-order valence-electron chi connectivity index (χ0n) is 14.4. The van der Waals surface area contributed by atoms with Crippen LogP contribution < -0.4 is 4.74 Å². The normalized spacial score (nSPS) is 12.4. The fourth-order valence-corrected chi connectivity index (χ4v) is 2.71. The summed E-state index contributed by atoms with van der Waals surface area (Å²) < 4.78 is 5.77. The smallest absolute Gasteiger partial charge is 0.119 e. The molecule has 24 heavy (non-hydrogen) atoms. The number of likely N-dealkylation sites (N-methyl/N-ethyl adjacent to an activating group) is 1. The Morgan fingerprint density at radius 1 is 1.00 bits per heavy atom. The molecule has 1 N–H and O–H groups in total. The first-order valence-electron chi connectivity index (χ1n) is 8.50. The first kappa shape index (κ1) is 18.8. The summed E-state index contributed by atoms with van der Waals surface area (Å²) >= 11 is 5.88. The molecular formula is C20H26ClNO2. The first-order valence-corrected chi connectivity index (χ1v) is 8.87. The quantitative estimate of drug-likeness (QED) is 0.732. The molecule has 0 heterocycles. The van der Waals surface area contributed by atoms with Crippen LogP contribution in [0.2, 0.25) is 5.02 Å². The maximum atomic E-state index is 10.4. The Morgan fingerprint density at radius 3 is 2.21 bits per heavy atom. The molecule has 0 fully saturated rings. The number of hydrogen-bond donors (Lipinski definition) is 1. The third-order valence-corrected chi connectivity index (χ3v) is 4.43. The lowest BCUT2D eigenvalue weighted by Gasteiger charge is -2.18. The molecule has 0 radical (unpaired) electrons. The summed E-state index contributed by atoms with van der Waals surface area (Å²) in [6.45, 7) is 7.98. The van der Waals surface area contributed by atoms with Crippen LogP contribution in [0.25, 0.3) is 0 Å². The second kappa shape index (κ2) is 9.67. The summed E-state index contributed by atoms with van der Waals surface area (Å²) in [4.78, 5) is 2.32. The number of hydrogen-bond acceptors (Lipinski definition) is 3. The summed E-state index contributed by atoms with van der Waals surface area (Å²) in [6, 6.07) is 15.3. The van der Waals surface area contributed by atoms with Gasteiger partial charge >= 0.3 is 0 Å². The molecule has 2 rings (SSSR count). The molecule has 0 spiro atoms. The van der Waals surface area contributed by atoms with Crippen LogP contribution in [0.4, 0.5) is 0 Å². The van der Waals surface area contributed by atoms with Crippen LogP contribution in [-0.4, -0.2) is 36.2 Å². The minimum atomic E-state index is -0.532. The van der Waals surface area contributed by atoms with E-state index in [0.717, 1.165) is 36.5 Å². The van der Waals surface area contributed by atoms with Crippen LogP contribution in [0, 0.1) is 0 Å². The topological polar surface area (TPSA) is 32.7 Å². The first-order chi connectivity index (χ1) is 11.6. The predicted octanol–water partition coefficient (Wildman–Crippen LogP) is 4.34. The van der Waals surface area contributed by atoms with E-state index in [1.807, 2.05) is 48.5 Å². The standard InChI is InChI=1S/C20H26ClNO2/c1-3-22(4-2)13-14-24-19-11-7-17(8-12-19)20(23)15-16-5-9-18(21)10-6-16/h5-12,20,23H,3-4,13-15H2,1-2H3. The van der Waals surface area contributed by atoms with Crippen molar-refractivity contribution in [2.24, 2.45) is 0 Å². The van der Waals surface area contributed by atoms with Gasteiger partial charge in [-0.15, -0.1) is 0 Å². The molecule has 0 saturated heterocycles. The van der Waals surface area contributed by atoms with Crippen molar-refractivity contribution in [2.45, 2.75) is 26.4 Å². The van der Waals surface area contributed by atoms with Crippen molar-refractivity contribution in [3.05, 3.63) is 64.7 Å². The van der Waals surface area contributed by atoms with Gasteiger partial charge < -0.3 is 14.7 Å². The summed E-state index contributed by atoms with van der Waals surface area (Å²) in [7, 11) is 0. The highest BCUT2D eigenvalue weighted by Crippen LogP contribution is 2.22. The maximum absolute atomic E-state index is 10.4. The van der Waals surface area contributed by atoms with Crippen molar-refractivity contribution in [2.75, 3.05) is 26.2 Å². The van der Waals surface area contributed by atoms with Gasteiger partial charge in [-0.1, -0.05) is 49.7 Å². The van der Waals surface area contributed by atoms with Crippen molar-refractivity contribution in [1.29, 1.82) is 0 Å². The second-order valence-corrected chi connectivity index (χ2v) is 6.23. The van der Waals surface area contributed by atoms with E-state index in [9.17, 15) is 5.11 Å². The highest BCUT2D eigenvalue weighted by atomic mass is 35.5. The molecule has 2 aromatic carbocycles. The Kier molecular flexibility index (Phi) is 7.57. The van der Waals surface area contributed by atoms with Crippen LogP contribution in [0.1, 0.15) is 31.1 Å². The molecule has 0 bridgehead atoms. The largest absolute Gasteiger partial charge is 0.492 e. The number of halogens is 1. The molecule has 4 heteroatoms. The average Bonchev–Trinajstić information content (AvgIpc) is 2.61. The van der Waals surface area contributed by atoms with Crippen molar-refractivity contribution >= 4 is 11.6 Å². The van der Waals surface area contributed by atoms with Crippen molar-refractivity contribution in [3.8, 4) is 5.75 Å². The van der Waals surface area contributed by atoms with Crippen LogP contribution in [0.15, 0.2) is 48.5 Å². The SMILES string of the molecule is CCN(CC)CCOc1ccc(C(O)Cc2ccc(Cl)cc2)cc1. The maximum Gasteiger partial charge on any atom is 0.119 e. The summed E-state index contributed by atoms with van der Waals surface area (Å²) in [6.07, 6.45) is 0.0372. The Bertz CT molecular complexity index is 594. The lowest BCUT2D eigenvalue weighted by atomic mass is 10.0. The molecule has 2 aromatic rings. The molecule has 3 nitrogen and oxygen atoms in total. The Hall–Kier alpha value is -1.55. The van der Waals surface area contributed by atoms with E-state index < -0.39 is 6.10 Å². The number of nitrogens with zero attached hydrogens (tertiary/aromatic N) is 1. The van der Waals surface area contributed by atoms with E-state index >= 15 is 0 Å². The van der Waals surface area contributed by atoms with Crippen LogP contribution in [0.3, 0.4) is 0 Å². The van der Waals surface area contributed by atoms with Gasteiger partial charge in [-0.25, -0.2) is 0 Å². The fourth-order valence-electron chi connectivity index (χ4n) is 2.58. The summed E-state index contributed by atoms with van der Waals surface area (Å²) in [5.41, 5.74) is 1.95. The molecule has 0 amide bonds. The van der Waals surface area contributed by atoms with Crippen LogP contribution in [0.5, 0.6) is 5.75 Å². The fraction of sp³-hybridized carbons (Fsp3) is 0.400. The molecule has 0 aliphatic heterocycles. The van der Waals surface area contributed by atoms with Crippen molar-refractivity contribution < 1.29 is 9.84 Å². The number of benzene rings is 2. The van der Waals surface area contributed by atoms with Gasteiger partial charge in [0.25, 0.3) is 0 Å². The van der Waals surface area contributed by atoms with Gasteiger partial charge in [0, 0.05) is 18.0 Å². The average molecular weight is 348 g/mol. The van der Waals surface area contributed by atoms with Gasteiger partial charge in [-0.05, 0) is 48.5 Å². The zero-order valence-corrected chi connectivity index (χ0v) is 15.2. The minimum absolute atomic E-state index is 0.532. The van der Waals surface area contributed by atoms with E-state index in [4.69, 9.17) is 16.3 Å². The van der Waals surface area contributed by atoms with Crippen LogP contribution >= 0.6 is 11.6 Å². The van der Waals surface area contributed by atoms with E-state index in [1.54, 1.807) is 0 Å². The van der Waals surface area contributed by atoms with Gasteiger partial charge in [-0.2, -0.15) is 0 Å². The third kappa shape index (κ3) is 5.82. The summed E-state index contributed by atoms with van der Waals surface area (Å²) in [5.74, 6) is 0.838. The van der Waals surface area contributed by atoms with Crippen LogP contribution in [-0.2, 0) is 6.42 Å². The second-order valence-electron chi connectivity index (χ2n) is 5.79. The molecule has 1 atom stereocenters. The Labute approximate surface area is 149 Å². The lowest BCUT2D eigenvalue weighted by Crippen LogP contribution is -2.27. The number of rotatable bonds is 9. The van der Waals surface area contributed by atoms with E-state index in [0.29, 0.717) is 18.1 Å². The molecule has 1 unspecified atom stereocenters. The molecule has 0 aliphatic carbocycles. The lowest BCUT2D eigenvalue weighted by molar-refractivity contribution is 0.178. The van der Waals surface area contributed by atoms with Gasteiger partial charge in [-0.3, -0.25) is 0 Å².